The largest absolute Gasteiger partial charge is 0.368 e. The number of benzene rings is 1. The first-order chi connectivity index (χ1) is 13.0. The van der Waals surface area contributed by atoms with Crippen molar-refractivity contribution in [3.05, 3.63) is 35.4 Å². The summed E-state index contributed by atoms with van der Waals surface area (Å²) in [6, 6.07) is 7.22. The normalized spacial score (nSPS) is 16.0. The molecule has 7 nitrogen and oxygen atoms in total. The van der Waals surface area contributed by atoms with Crippen LogP contribution in [0.1, 0.15) is 54.9 Å². The van der Waals surface area contributed by atoms with Gasteiger partial charge in [0, 0.05) is 25.7 Å². The summed E-state index contributed by atoms with van der Waals surface area (Å²) >= 11 is 0. The molecule has 0 heterocycles. The number of aliphatic imine (C=N–C) groups is 1. The predicted octanol–water partition coefficient (Wildman–Crippen LogP) is 1.54. The molecule has 1 aliphatic rings. The van der Waals surface area contributed by atoms with E-state index >= 15 is 0 Å². The van der Waals surface area contributed by atoms with Gasteiger partial charge in [0.15, 0.2) is 5.96 Å². The first kappa shape index (κ1) is 20.7. The zero-order valence-corrected chi connectivity index (χ0v) is 16.3. The molecular formula is C20H31N5O2. The minimum atomic E-state index is -0.564. The van der Waals surface area contributed by atoms with Gasteiger partial charge in [-0.15, -0.1) is 0 Å². The van der Waals surface area contributed by atoms with Crippen molar-refractivity contribution in [2.45, 2.75) is 45.6 Å². The number of nitrogens with one attached hydrogen (secondary N) is 3. The lowest BCUT2D eigenvalue weighted by atomic mass is 9.83. The van der Waals surface area contributed by atoms with Crippen molar-refractivity contribution in [2.24, 2.45) is 16.1 Å². The average molecular weight is 374 g/mol. The maximum Gasteiger partial charge on any atom is 0.251 e. The first-order valence-corrected chi connectivity index (χ1v) is 9.58. The third-order valence-electron chi connectivity index (χ3n) is 5.37. The highest BCUT2D eigenvalue weighted by molar-refractivity contribution is 5.96. The van der Waals surface area contributed by atoms with Crippen molar-refractivity contribution in [2.75, 3.05) is 20.1 Å². The molecule has 0 aliphatic heterocycles. The third-order valence-corrected chi connectivity index (χ3v) is 5.37. The molecule has 1 aromatic carbocycles. The average Bonchev–Trinajstić information content (AvgIpc) is 3.16. The molecule has 148 valence electrons. The van der Waals surface area contributed by atoms with Gasteiger partial charge < -0.3 is 21.7 Å². The Morgan fingerprint density at radius 3 is 2.33 bits per heavy atom. The molecule has 1 saturated carbocycles. The van der Waals surface area contributed by atoms with Crippen LogP contribution in [0.3, 0.4) is 0 Å². The quantitative estimate of drug-likeness (QED) is 0.409. The Hall–Kier alpha value is -2.57. The summed E-state index contributed by atoms with van der Waals surface area (Å²) in [4.78, 5) is 26.9. The van der Waals surface area contributed by atoms with Gasteiger partial charge in [-0.1, -0.05) is 31.9 Å². The number of hydrogen-bond donors (Lipinski definition) is 4. The molecule has 0 unspecified atom stereocenters. The van der Waals surface area contributed by atoms with E-state index in [1.165, 1.54) is 32.1 Å². The molecule has 7 heteroatoms. The van der Waals surface area contributed by atoms with Crippen molar-refractivity contribution in [3.8, 4) is 0 Å². The summed E-state index contributed by atoms with van der Waals surface area (Å²) in [6.45, 7) is 3.66. The van der Waals surface area contributed by atoms with E-state index in [1.54, 1.807) is 19.2 Å². The van der Waals surface area contributed by atoms with Gasteiger partial charge in [0.1, 0.15) is 0 Å². The van der Waals surface area contributed by atoms with Gasteiger partial charge in [-0.2, -0.15) is 0 Å². The molecule has 2 rings (SSSR count). The molecule has 27 heavy (non-hydrogen) atoms. The molecule has 0 aromatic heterocycles. The summed E-state index contributed by atoms with van der Waals surface area (Å²) < 4.78 is 0. The fraction of sp³-hybridized carbons (Fsp3) is 0.550. The zero-order valence-electron chi connectivity index (χ0n) is 16.3. The zero-order chi connectivity index (χ0) is 19.7. The van der Waals surface area contributed by atoms with Crippen LogP contribution in [0, 0.1) is 5.41 Å². The van der Waals surface area contributed by atoms with Crippen molar-refractivity contribution in [1.29, 1.82) is 0 Å². The molecule has 5 N–H and O–H groups in total. The Bertz CT molecular complexity index is 663. The van der Waals surface area contributed by atoms with Gasteiger partial charge in [-0.3, -0.25) is 14.6 Å². The molecule has 1 aromatic rings. The number of primary amides is 1. The van der Waals surface area contributed by atoms with Crippen molar-refractivity contribution >= 4 is 17.8 Å². The number of hydrogen-bond acceptors (Lipinski definition) is 3. The molecule has 0 saturated heterocycles. The highest BCUT2D eigenvalue weighted by atomic mass is 16.2. The smallest absolute Gasteiger partial charge is 0.251 e. The summed E-state index contributed by atoms with van der Waals surface area (Å²) in [5.41, 5.74) is 6.96. The number of amides is 2. The standard InChI is InChI=1S/C20H31N5O2/c1-3-20(10-4-5-11-20)14-25-19(22-2)24-12-15-6-8-16(9-7-15)18(27)23-13-17(21)26/h6-9H,3-5,10-14H2,1-2H3,(H2,21,26)(H,23,27)(H2,22,24,25). The minimum Gasteiger partial charge on any atom is -0.368 e. The van der Waals surface area contributed by atoms with Crippen LogP contribution in [0.25, 0.3) is 0 Å². The molecule has 1 fully saturated rings. The predicted molar refractivity (Wildman–Crippen MR) is 107 cm³/mol. The van der Waals surface area contributed by atoms with Gasteiger partial charge in [-0.05, 0) is 42.4 Å². The maximum absolute atomic E-state index is 11.9. The lowest BCUT2D eigenvalue weighted by Crippen LogP contribution is -2.42. The highest BCUT2D eigenvalue weighted by Crippen LogP contribution is 2.40. The highest BCUT2D eigenvalue weighted by Gasteiger charge is 2.31. The molecule has 2 amide bonds. The Kier molecular flexibility index (Phi) is 7.64. The van der Waals surface area contributed by atoms with E-state index in [0.29, 0.717) is 17.5 Å². The van der Waals surface area contributed by atoms with E-state index in [0.717, 1.165) is 18.1 Å². The Morgan fingerprint density at radius 1 is 1.11 bits per heavy atom. The molecular weight excluding hydrogens is 342 g/mol. The number of guanidine groups is 1. The van der Waals surface area contributed by atoms with Crippen LogP contribution < -0.4 is 21.7 Å². The summed E-state index contributed by atoms with van der Waals surface area (Å²) in [7, 11) is 1.77. The molecule has 0 radical (unpaired) electrons. The van der Waals surface area contributed by atoms with E-state index in [1.807, 2.05) is 12.1 Å². The third kappa shape index (κ3) is 6.27. The Balaban J connectivity index is 1.82. The van der Waals surface area contributed by atoms with Crippen molar-refractivity contribution in [3.63, 3.8) is 0 Å². The second kappa shape index (κ2) is 9.94. The fourth-order valence-corrected chi connectivity index (χ4v) is 3.50. The van der Waals surface area contributed by atoms with E-state index in [2.05, 4.69) is 27.9 Å². The van der Waals surface area contributed by atoms with E-state index in [9.17, 15) is 9.59 Å². The minimum absolute atomic E-state index is 0.163. The first-order valence-electron chi connectivity index (χ1n) is 9.58. The fourth-order valence-electron chi connectivity index (χ4n) is 3.50. The van der Waals surface area contributed by atoms with Crippen LogP contribution in [0.15, 0.2) is 29.3 Å². The van der Waals surface area contributed by atoms with E-state index in [-0.39, 0.29) is 12.5 Å². The van der Waals surface area contributed by atoms with E-state index in [4.69, 9.17) is 5.73 Å². The van der Waals surface area contributed by atoms with Crippen LogP contribution in [-0.4, -0.2) is 37.9 Å². The topological polar surface area (TPSA) is 109 Å². The molecule has 0 atom stereocenters. The molecule has 0 spiro atoms. The Morgan fingerprint density at radius 2 is 1.78 bits per heavy atom. The molecule has 0 bridgehead atoms. The van der Waals surface area contributed by atoms with Gasteiger partial charge in [-0.25, -0.2) is 0 Å². The van der Waals surface area contributed by atoms with Crippen molar-refractivity contribution < 1.29 is 9.59 Å². The van der Waals surface area contributed by atoms with Gasteiger partial charge in [0.2, 0.25) is 5.91 Å². The monoisotopic (exact) mass is 373 g/mol. The summed E-state index contributed by atoms with van der Waals surface area (Å²) in [5, 5.41) is 9.25. The van der Waals surface area contributed by atoms with Crippen LogP contribution in [0.4, 0.5) is 0 Å². The van der Waals surface area contributed by atoms with Crippen LogP contribution >= 0.6 is 0 Å². The molecule has 1 aliphatic carbocycles. The van der Waals surface area contributed by atoms with Crippen LogP contribution in [0.2, 0.25) is 0 Å². The van der Waals surface area contributed by atoms with Crippen LogP contribution in [-0.2, 0) is 11.3 Å². The lowest BCUT2D eigenvalue weighted by Gasteiger charge is -2.28. The lowest BCUT2D eigenvalue weighted by molar-refractivity contribution is -0.117. The van der Waals surface area contributed by atoms with E-state index < -0.39 is 5.91 Å². The second-order valence-electron chi connectivity index (χ2n) is 7.19. The number of nitrogens with zero attached hydrogens (tertiary/aromatic N) is 1. The number of rotatable bonds is 8. The second-order valence-corrected chi connectivity index (χ2v) is 7.19. The number of carbonyl (C=O) groups is 2. The SMILES string of the molecule is CCC1(CNC(=NC)NCc2ccc(C(=O)NCC(N)=O)cc2)CCCC1. The van der Waals surface area contributed by atoms with Crippen LogP contribution in [0.5, 0.6) is 0 Å². The number of carbonyl (C=O) groups excluding carboxylic acids is 2. The summed E-state index contributed by atoms with van der Waals surface area (Å²) in [5.74, 6) is -0.0873. The Labute approximate surface area is 161 Å². The van der Waals surface area contributed by atoms with Crippen molar-refractivity contribution in [1.82, 2.24) is 16.0 Å². The van der Waals surface area contributed by atoms with Gasteiger partial charge >= 0.3 is 0 Å². The van der Waals surface area contributed by atoms with Gasteiger partial charge in [0.25, 0.3) is 5.91 Å². The number of nitrogens with two attached hydrogens (primary N) is 1. The summed E-state index contributed by atoms with van der Waals surface area (Å²) in [6.07, 6.45) is 6.40. The van der Waals surface area contributed by atoms with Gasteiger partial charge in [0.05, 0.1) is 6.54 Å². The maximum atomic E-state index is 11.9.